The number of aliphatic imine (C=N–C) groups is 2. The summed E-state index contributed by atoms with van der Waals surface area (Å²) in [5.41, 5.74) is 11.6. The highest BCUT2D eigenvalue weighted by atomic mass is 16.5. The van der Waals surface area contributed by atoms with Crippen LogP contribution in [0, 0.1) is 0 Å². The third-order valence-electron chi connectivity index (χ3n) is 5.68. The maximum atomic E-state index is 9.29. The summed E-state index contributed by atoms with van der Waals surface area (Å²) in [5, 5.41) is 35.6. The smallest absolute Gasteiger partial charge is 0.260 e. The minimum atomic E-state index is -0.144. The van der Waals surface area contributed by atoms with E-state index in [2.05, 4.69) is 15.4 Å². The third-order valence-corrected chi connectivity index (χ3v) is 5.68. The molecule has 37 heavy (non-hydrogen) atoms. The lowest BCUT2D eigenvalue weighted by molar-refractivity contribution is 0.197. The molecule has 11 nitrogen and oxygen atoms in total. The molecule has 0 aliphatic heterocycles. The predicted molar refractivity (Wildman–Crippen MR) is 145 cm³/mol. The summed E-state index contributed by atoms with van der Waals surface area (Å²) in [4.78, 5) is 11.1. The molecule has 4 rings (SSSR count). The number of rotatable bonds is 11. The lowest BCUT2D eigenvalue weighted by Crippen LogP contribution is -2.29. The highest BCUT2D eigenvalue weighted by Gasteiger charge is 2.19. The fraction of sp³-hybridized carbons (Fsp3) is 0.269. The van der Waals surface area contributed by atoms with Crippen LogP contribution in [0.5, 0.6) is 5.88 Å². The molecular formula is C26H31N7O4. The van der Waals surface area contributed by atoms with Crippen LogP contribution in [-0.4, -0.2) is 82.9 Å². The largest absolute Gasteiger partial charge is 0.473 e. The molecule has 0 fully saturated rings. The standard InChI is InChI=1S/C26H31N7O4/c1-28-22-16-20(27)21(29-18-5-7-19(8-6-18)32(10-12-34)11-13-35)17-23(22)30-25-24-4-2-3-9-33(24)31-26(25)37-15-14-36/h2-9,16-17,29,34-36H,10-15,27H2,1H3. The number of hydrogen-bond donors (Lipinski definition) is 5. The molecule has 6 N–H and O–H groups in total. The van der Waals surface area contributed by atoms with Crippen molar-refractivity contribution in [3.63, 3.8) is 0 Å². The van der Waals surface area contributed by atoms with E-state index in [-0.39, 0.29) is 26.4 Å². The van der Waals surface area contributed by atoms with Gasteiger partial charge in [-0.25, -0.2) is 9.51 Å². The van der Waals surface area contributed by atoms with Crippen molar-refractivity contribution in [2.45, 2.75) is 0 Å². The van der Waals surface area contributed by atoms with Gasteiger partial charge in [0.15, 0.2) is 5.69 Å². The second-order valence-corrected chi connectivity index (χ2v) is 8.13. The number of allylic oxidation sites excluding steroid dienone is 2. The van der Waals surface area contributed by atoms with E-state index in [0.29, 0.717) is 47.5 Å². The zero-order chi connectivity index (χ0) is 26.2. The fourth-order valence-corrected chi connectivity index (χ4v) is 3.92. The second-order valence-electron chi connectivity index (χ2n) is 8.13. The van der Waals surface area contributed by atoms with Crippen LogP contribution in [0.1, 0.15) is 0 Å². The van der Waals surface area contributed by atoms with Crippen molar-refractivity contribution >= 4 is 34.0 Å². The Morgan fingerprint density at radius 2 is 1.76 bits per heavy atom. The molecule has 0 saturated heterocycles. The topological polar surface area (TPSA) is 153 Å². The van der Waals surface area contributed by atoms with Gasteiger partial charge in [-0.1, -0.05) is 6.07 Å². The first-order valence-corrected chi connectivity index (χ1v) is 11.9. The van der Waals surface area contributed by atoms with Crippen molar-refractivity contribution in [3.8, 4) is 5.88 Å². The van der Waals surface area contributed by atoms with Gasteiger partial charge in [-0.05, 0) is 48.6 Å². The number of aliphatic hydroxyl groups is 3. The number of fused-ring (bicyclic) bond motifs is 1. The van der Waals surface area contributed by atoms with Gasteiger partial charge in [0, 0.05) is 37.7 Å². The molecule has 2 aromatic heterocycles. The Morgan fingerprint density at radius 1 is 1.00 bits per heavy atom. The van der Waals surface area contributed by atoms with Crippen LogP contribution < -0.4 is 20.7 Å². The Kier molecular flexibility index (Phi) is 8.52. The summed E-state index contributed by atoms with van der Waals surface area (Å²) < 4.78 is 7.32. The summed E-state index contributed by atoms with van der Waals surface area (Å²) in [6.45, 7) is 0.806. The molecular weight excluding hydrogens is 474 g/mol. The molecule has 2 heterocycles. The van der Waals surface area contributed by atoms with Gasteiger partial charge in [0.2, 0.25) is 0 Å². The van der Waals surface area contributed by atoms with Gasteiger partial charge in [0.1, 0.15) is 6.61 Å². The average molecular weight is 506 g/mol. The Balaban J connectivity index is 1.66. The molecule has 1 aliphatic rings. The van der Waals surface area contributed by atoms with E-state index in [0.717, 1.165) is 16.9 Å². The molecule has 0 unspecified atom stereocenters. The van der Waals surface area contributed by atoms with E-state index < -0.39 is 0 Å². The Hall–Kier alpha value is -4.19. The maximum Gasteiger partial charge on any atom is 0.260 e. The molecule has 1 aromatic carbocycles. The molecule has 0 bridgehead atoms. The first-order valence-electron chi connectivity index (χ1n) is 11.9. The Labute approximate surface area is 214 Å². The molecule has 0 saturated carbocycles. The van der Waals surface area contributed by atoms with Crippen LogP contribution in [0.3, 0.4) is 0 Å². The summed E-state index contributed by atoms with van der Waals surface area (Å²) >= 11 is 0. The van der Waals surface area contributed by atoms with Crippen LogP contribution in [-0.2, 0) is 0 Å². The lowest BCUT2D eigenvalue weighted by Gasteiger charge is -2.23. The summed E-state index contributed by atoms with van der Waals surface area (Å²) in [7, 11) is 1.67. The Morgan fingerprint density at radius 3 is 2.43 bits per heavy atom. The van der Waals surface area contributed by atoms with Gasteiger partial charge >= 0.3 is 0 Å². The van der Waals surface area contributed by atoms with E-state index in [9.17, 15) is 15.3 Å². The van der Waals surface area contributed by atoms with Gasteiger partial charge in [-0.2, -0.15) is 0 Å². The predicted octanol–water partition coefficient (Wildman–Crippen LogP) is 1.49. The van der Waals surface area contributed by atoms with Gasteiger partial charge in [-0.3, -0.25) is 4.99 Å². The number of benzene rings is 1. The van der Waals surface area contributed by atoms with Crippen molar-refractivity contribution in [1.82, 2.24) is 9.61 Å². The van der Waals surface area contributed by atoms with Crippen LogP contribution in [0.2, 0.25) is 0 Å². The fourth-order valence-electron chi connectivity index (χ4n) is 3.92. The number of nitrogens with zero attached hydrogens (tertiary/aromatic N) is 5. The second kappa shape index (κ2) is 12.2. The van der Waals surface area contributed by atoms with Crippen molar-refractivity contribution in [3.05, 3.63) is 72.2 Å². The first-order chi connectivity index (χ1) is 18.1. The molecule has 0 radical (unpaired) electrons. The van der Waals surface area contributed by atoms with Crippen LogP contribution in [0.25, 0.3) is 5.52 Å². The van der Waals surface area contributed by atoms with Crippen LogP contribution >= 0.6 is 0 Å². The van der Waals surface area contributed by atoms with Gasteiger partial charge in [0.25, 0.3) is 5.88 Å². The SMILES string of the molecule is CN=C1C=C(N)C(Nc2ccc(N(CCO)CCO)cc2)=CC1=Nc1c(OCCO)nn2ccccc12. The normalized spacial score (nSPS) is 15.7. The van der Waals surface area contributed by atoms with E-state index in [4.69, 9.17) is 15.5 Å². The van der Waals surface area contributed by atoms with Crippen molar-refractivity contribution < 1.29 is 20.1 Å². The number of anilines is 2. The van der Waals surface area contributed by atoms with Gasteiger partial charge in [-0.15, -0.1) is 5.10 Å². The van der Waals surface area contributed by atoms with Crippen LogP contribution in [0.4, 0.5) is 17.1 Å². The molecule has 194 valence electrons. The number of hydrogen-bond acceptors (Lipinski definition) is 10. The molecule has 0 spiro atoms. The maximum absolute atomic E-state index is 9.29. The summed E-state index contributed by atoms with van der Waals surface area (Å²) in [6, 6.07) is 13.3. The number of aromatic nitrogens is 2. The first kappa shape index (κ1) is 25.9. The van der Waals surface area contributed by atoms with E-state index in [1.165, 1.54) is 0 Å². The number of nitrogens with two attached hydrogens (primary N) is 1. The van der Waals surface area contributed by atoms with E-state index in [1.807, 2.05) is 53.4 Å². The van der Waals surface area contributed by atoms with Crippen molar-refractivity contribution in [2.24, 2.45) is 15.7 Å². The van der Waals surface area contributed by atoms with E-state index >= 15 is 0 Å². The zero-order valence-electron chi connectivity index (χ0n) is 20.6. The quantitative estimate of drug-likeness (QED) is 0.246. The third kappa shape index (κ3) is 5.97. The molecule has 0 atom stereocenters. The number of pyridine rings is 1. The molecule has 3 aromatic rings. The minimum absolute atomic E-state index is 0.00288. The molecule has 0 amide bonds. The van der Waals surface area contributed by atoms with Crippen LogP contribution in [0.15, 0.2) is 82.2 Å². The van der Waals surface area contributed by atoms with Crippen molar-refractivity contribution in [2.75, 3.05) is 56.8 Å². The van der Waals surface area contributed by atoms with Gasteiger partial charge in [0.05, 0.1) is 48.2 Å². The molecule has 11 heteroatoms. The highest BCUT2D eigenvalue weighted by molar-refractivity contribution is 6.52. The minimum Gasteiger partial charge on any atom is -0.473 e. The molecule has 1 aliphatic carbocycles. The van der Waals surface area contributed by atoms with Gasteiger partial charge < -0.3 is 36.0 Å². The number of aliphatic hydroxyl groups excluding tert-OH is 3. The summed E-state index contributed by atoms with van der Waals surface area (Å²) in [6.07, 6.45) is 5.37. The number of ether oxygens (including phenoxy) is 1. The average Bonchev–Trinajstić information content (AvgIpc) is 3.26. The van der Waals surface area contributed by atoms with E-state index in [1.54, 1.807) is 23.8 Å². The number of nitrogens with one attached hydrogen (secondary N) is 1. The summed E-state index contributed by atoms with van der Waals surface area (Å²) in [5.74, 6) is 0.305. The highest BCUT2D eigenvalue weighted by Crippen LogP contribution is 2.33. The lowest BCUT2D eigenvalue weighted by atomic mass is 10.0. The monoisotopic (exact) mass is 505 g/mol. The van der Waals surface area contributed by atoms with Crippen molar-refractivity contribution in [1.29, 1.82) is 0 Å². The Bertz CT molecular complexity index is 1340. The zero-order valence-corrected chi connectivity index (χ0v) is 20.6.